The number of carbonyl (C=O) groups is 2. The van der Waals surface area contributed by atoms with Crippen LogP contribution in [0.2, 0.25) is 0 Å². The minimum Gasteiger partial charge on any atom is -0.447 e. The van der Waals surface area contributed by atoms with E-state index >= 15 is 0 Å². The first-order valence-corrected chi connectivity index (χ1v) is 11.1. The average Bonchev–Trinajstić information content (AvgIpc) is 2.68. The van der Waals surface area contributed by atoms with Crippen molar-refractivity contribution in [3.63, 3.8) is 0 Å². The zero-order valence-corrected chi connectivity index (χ0v) is 18.5. The van der Waals surface area contributed by atoms with Crippen LogP contribution in [0, 0.1) is 13.8 Å². The van der Waals surface area contributed by atoms with Crippen LogP contribution in [-0.2, 0) is 24.3 Å². The predicted molar refractivity (Wildman–Crippen MR) is 118 cm³/mol. The number of ether oxygens (including phenoxy) is 2. The molecule has 2 aromatic rings. The lowest BCUT2D eigenvalue weighted by atomic mass is 10.2. The molecule has 0 aliphatic carbocycles. The minimum absolute atomic E-state index is 0.0503. The van der Waals surface area contributed by atoms with Gasteiger partial charge in [0, 0.05) is 31.5 Å². The van der Waals surface area contributed by atoms with Crippen molar-refractivity contribution in [3.8, 4) is 0 Å². The molecular weight excluding hydrogens is 422 g/mol. The van der Waals surface area contributed by atoms with Crippen molar-refractivity contribution >= 4 is 33.4 Å². The summed E-state index contributed by atoms with van der Waals surface area (Å²) in [6.45, 7) is 3.97. The highest BCUT2D eigenvalue weighted by atomic mass is 32.2. The monoisotopic (exact) mass is 449 g/mol. The van der Waals surface area contributed by atoms with E-state index in [1.807, 2.05) is 6.92 Å². The van der Waals surface area contributed by atoms with Gasteiger partial charge in [-0.15, -0.1) is 0 Å². The van der Waals surface area contributed by atoms with Crippen LogP contribution in [0.3, 0.4) is 0 Å². The van der Waals surface area contributed by atoms with Crippen LogP contribution < -0.4 is 15.4 Å². The number of hydrogen-bond donors (Lipinski definition) is 3. The number of nitrogens with one attached hydrogen (secondary N) is 3. The Kier molecular flexibility index (Phi) is 8.98. The second kappa shape index (κ2) is 11.4. The highest BCUT2D eigenvalue weighted by molar-refractivity contribution is 7.89. The molecule has 0 unspecified atom stereocenters. The molecule has 0 saturated carbocycles. The van der Waals surface area contributed by atoms with Gasteiger partial charge in [-0.25, -0.2) is 17.9 Å². The number of aryl methyl sites for hydroxylation is 2. The quantitative estimate of drug-likeness (QED) is 0.480. The van der Waals surface area contributed by atoms with Crippen molar-refractivity contribution < 1.29 is 27.5 Å². The van der Waals surface area contributed by atoms with Crippen LogP contribution in [0.15, 0.2) is 47.4 Å². The van der Waals surface area contributed by atoms with Crippen molar-refractivity contribution in [2.45, 2.75) is 25.2 Å². The molecule has 0 aromatic heterocycles. The first-order chi connectivity index (χ1) is 14.7. The van der Waals surface area contributed by atoms with E-state index in [4.69, 9.17) is 9.47 Å². The van der Waals surface area contributed by atoms with E-state index in [0.29, 0.717) is 16.9 Å². The van der Waals surface area contributed by atoms with E-state index in [9.17, 15) is 18.0 Å². The lowest BCUT2D eigenvalue weighted by Gasteiger charge is -2.11. The summed E-state index contributed by atoms with van der Waals surface area (Å²) in [6.07, 6.45) is -0.692. The summed E-state index contributed by atoms with van der Waals surface area (Å²) >= 11 is 0. The van der Waals surface area contributed by atoms with Crippen molar-refractivity contribution in [1.29, 1.82) is 0 Å². The molecule has 0 saturated heterocycles. The normalized spacial score (nSPS) is 11.1. The standard InChI is InChI=1S/C21H27N3O6S/c1-15-7-8-19(16(2)13-15)31(27,28)22-10-9-20(25)23-17-5-4-6-18(14-17)24-21(26)30-12-11-29-3/h4-8,13-14,22H,9-12H2,1-3H3,(H,23,25)(H,24,26). The number of hydrogen-bond acceptors (Lipinski definition) is 6. The lowest BCUT2D eigenvalue weighted by molar-refractivity contribution is -0.116. The Hall–Kier alpha value is -2.95. The summed E-state index contributed by atoms with van der Waals surface area (Å²) in [5.74, 6) is -0.372. The van der Waals surface area contributed by atoms with Gasteiger partial charge in [0.05, 0.1) is 11.5 Å². The van der Waals surface area contributed by atoms with Gasteiger partial charge in [-0.2, -0.15) is 0 Å². The van der Waals surface area contributed by atoms with Crippen LogP contribution in [-0.4, -0.2) is 47.3 Å². The van der Waals surface area contributed by atoms with Crippen molar-refractivity contribution in [3.05, 3.63) is 53.6 Å². The molecule has 0 atom stereocenters. The van der Waals surface area contributed by atoms with Crippen molar-refractivity contribution in [1.82, 2.24) is 4.72 Å². The molecule has 2 aromatic carbocycles. The molecule has 0 spiro atoms. The molecule has 0 bridgehead atoms. The number of rotatable bonds is 10. The van der Waals surface area contributed by atoms with Crippen LogP contribution in [0.5, 0.6) is 0 Å². The van der Waals surface area contributed by atoms with Crippen LogP contribution in [0.1, 0.15) is 17.5 Å². The van der Waals surface area contributed by atoms with Gasteiger partial charge in [-0.05, 0) is 43.7 Å². The maximum atomic E-state index is 12.4. The highest BCUT2D eigenvalue weighted by Gasteiger charge is 2.16. The maximum Gasteiger partial charge on any atom is 0.411 e. The van der Waals surface area contributed by atoms with E-state index in [2.05, 4.69) is 15.4 Å². The molecule has 0 aliphatic heterocycles. The second-order valence-electron chi connectivity index (χ2n) is 6.80. The zero-order valence-electron chi connectivity index (χ0n) is 17.7. The Morgan fingerprint density at radius 3 is 2.35 bits per heavy atom. The smallest absolute Gasteiger partial charge is 0.411 e. The fourth-order valence-corrected chi connectivity index (χ4v) is 4.00. The van der Waals surface area contributed by atoms with Gasteiger partial charge in [0.2, 0.25) is 15.9 Å². The fourth-order valence-electron chi connectivity index (χ4n) is 2.75. The third-order valence-corrected chi connectivity index (χ3v) is 5.80. The third-order valence-electron chi connectivity index (χ3n) is 4.18. The Morgan fingerprint density at radius 2 is 1.68 bits per heavy atom. The molecule has 2 rings (SSSR count). The Balaban J connectivity index is 1.85. The van der Waals surface area contributed by atoms with Gasteiger partial charge in [-0.3, -0.25) is 10.1 Å². The number of anilines is 2. The van der Waals surface area contributed by atoms with Gasteiger partial charge >= 0.3 is 6.09 Å². The number of carbonyl (C=O) groups excluding carboxylic acids is 2. The van der Waals surface area contributed by atoms with E-state index in [1.54, 1.807) is 49.4 Å². The molecule has 0 fully saturated rings. The van der Waals surface area contributed by atoms with Crippen molar-refractivity contribution in [2.24, 2.45) is 0 Å². The summed E-state index contributed by atoms with van der Waals surface area (Å²) in [5.41, 5.74) is 2.51. The maximum absolute atomic E-state index is 12.4. The summed E-state index contributed by atoms with van der Waals surface area (Å²) in [7, 11) is -2.20. The molecule has 0 heterocycles. The number of methoxy groups -OCH3 is 1. The fraction of sp³-hybridized carbons (Fsp3) is 0.333. The van der Waals surface area contributed by atoms with Gasteiger partial charge in [0.1, 0.15) is 6.61 Å². The van der Waals surface area contributed by atoms with Gasteiger partial charge < -0.3 is 14.8 Å². The Bertz CT molecular complexity index is 1020. The van der Waals surface area contributed by atoms with Gasteiger partial charge in [0.15, 0.2) is 0 Å². The Morgan fingerprint density at radius 1 is 0.968 bits per heavy atom. The molecular formula is C21H27N3O6S. The summed E-state index contributed by atoms with van der Waals surface area (Å²) < 4.78 is 37.0. The number of amides is 2. The van der Waals surface area contributed by atoms with Gasteiger partial charge in [-0.1, -0.05) is 23.8 Å². The molecule has 31 heavy (non-hydrogen) atoms. The third kappa shape index (κ3) is 8.00. The minimum atomic E-state index is -3.71. The lowest BCUT2D eigenvalue weighted by Crippen LogP contribution is -2.28. The Labute approximate surface area is 182 Å². The molecule has 0 radical (unpaired) electrons. The predicted octanol–water partition coefficient (Wildman–Crippen LogP) is 2.81. The number of benzene rings is 2. The molecule has 168 valence electrons. The summed E-state index contributed by atoms with van der Waals surface area (Å²) in [4.78, 5) is 24.0. The van der Waals surface area contributed by atoms with E-state index in [-0.39, 0.29) is 37.0 Å². The SMILES string of the molecule is COCCOC(=O)Nc1cccc(NC(=O)CCNS(=O)(=O)c2ccc(C)cc2C)c1. The van der Waals surface area contributed by atoms with E-state index in [0.717, 1.165) is 5.56 Å². The van der Waals surface area contributed by atoms with Crippen molar-refractivity contribution in [2.75, 3.05) is 37.5 Å². The molecule has 10 heteroatoms. The summed E-state index contributed by atoms with van der Waals surface area (Å²) in [5, 5.41) is 5.21. The molecule has 0 aliphatic rings. The van der Waals surface area contributed by atoms with Gasteiger partial charge in [0.25, 0.3) is 0 Å². The second-order valence-corrected chi connectivity index (χ2v) is 8.53. The molecule has 2 amide bonds. The van der Waals surface area contributed by atoms with E-state index < -0.39 is 16.1 Å². The first kappa shape index (κ1) is 24.3. The van der Waals surface area contributed by atoms with Crippen LogP contribution in [0.25, 0.3) is 0 Å². The number of sulfonamides is 1. The largest absolute Gasteiger partial charge is 0.447 e. The van der Waals surface area contributed by atoms with E-state index in [1.165, 1.54) is 7.11 Å². The topological polar surface area (TPSA) is 123 Å². The first-order valence-electron chi connectivity index (χ1n) is 9.61. The van der Waals surface area contributed by atoms with Crippen LogP contribution >= 0.6 is 0 Å². The molecule has 3 N–H and O–H groups in total. The van der Waals surface area contributed by atoms with Crippen LogP contribution in [0.4, 0.5) is 16.2 Å². The zero-order chi connectivity index (χ0) is 22.9. The highest BCUT2D eigenvalue weighted by Crippen LogP contribution is 2.17. The molecule has 9 nitrogen and oxygen atoms in total. The average molecular weight is 450 g/mol. The summed E-state index contributed by atoms with van der Waals surface area (Å²) in [6, 6.07) is 11.6.